The van der Waals surface area contributed by atoms with Crippen LogP contribution in [0.5, 0.6) is 0 Å². The van der Waals surface area contributed by atoms with Gasteiger partial charge < -0.3 is 5.32 Å². The fraction of sp³-hybridized carbons (Fsp3) is 0.571. The Morgan fingerprint density at radius 2 is 1.93 bits per heavy atom. The second kappa shape index (κ2) is 4.36. The molecule has 0 amide bonds. The Kier molecular flexibility index (Phi) is 3.11. The third-order valence-electron chi connectivity index (χ3n) is 3.46. The highest BCUT2D eigenvalue weighted by atomic mass is 15.0. The minimum Gasteiger partial charge on any atom is -0.307 e. The maximum absolute atomic E-state index is 3.66. The minimum atomic E-state index is 0.492. The zero-order valence-electron chi connectivity index (χ0n) is 9.96. The Hall–Kier alpha value is -0.820. The lowest BCUT2D eigenvalue weighted by molar-refractivity contribution is 0.552. The smallest absolute Gasteiger partial charge is 0.0294 e. The molecule has 1 saturated carbocycles. The van der Waals surface area contributed by atoms with Gasteiger partial charge in [0.2, 0.25) is 0 Å². The van der Waals surface area contributed by atoms with Crippen LogP contribution in [-0.2, 0) is 6.42 Å². The Bertz CT molecular complexity index is 315. The molecular weight excluding hydrogens is 182 g/mol. The van der Waals surface area contributed by atoms with Crippen molar-refractivity contribution in [2.45, 2.75) is 45.7 Å². The van der Waals surface area contributed by atoms with Crippen molar-refractivity contribution < 1.29 is 0 Å². The van der Waals surface area contributed by atoms with E-state index < -0.39 is 0 Å². The summed E-state index contributed by atoms with van der Waals surface area (Å²) in [5, 5.41) is 3.66. The van der Waals surface area contributed by atoms with Gasteiger partial charge in [-0.2, -0.15) is 0 Å². The number of benzene rings is 1. The molecule has 1 fully saturated rings. The summed E-state index contributed by atoms with van der Waals surface area (Å²) in [4.78, 5) is 0. The summed E-state index contributed by atoms with van der Waals surface area (Å²) in [6.45, 7) is 6.76. The summed E-state index contributed by atoms with van der Waals surface area (Å²) < 4.78 is 0. The van der Waals surface area contributed by atoms with E-state index in [1.54, 1.807) is 0 Å². The fourth-order valence-electron chi connectivity index (χ4n) is 2.01. The maximum atomic E-state index is 3.66. The predicted molar refractivity (Wildman–Crippen MR) is 64.9 cm³/mol. The molecular formula is C14H21N. The lowest BCUT2D eigenvalue weighted by atomic mass is 10.0. The summed E-state index contributed by atoms with van der Waals surface area (Å²) in [7, 11) is 0. The summed E-state index contributed by atoms with van der Waals surface area (Å²) in [5.74, 6) is 0.877. The first-order chi connectivity index (χ1) is 7.20. The molecule has 1 heteroatoms. The molecule has 0 spiro atoms. The third kappa shape index (κ3) is 2.60. The van der Waals surface area contributed by atoms with Gasteiger partial charge in [0, 0.05) is 12.1 Å². The van der Waals surface area contributed by atoms with Crippen LogP contribution in [0.2, 0.25) is 0 Å². The van der Waals surface area contributed by atoms with E-state index in [4.69, 9.17) is 0 Å². The molecule has 0 aromatic heterocycles. The average molecular weight is 203 g/mol. The third-order valence-corrected chi connectivity index (χ3v) is 3.46. The van der Waals surface area contributed by atoms with Crippen LogP contribution in [0.25, 0.3) is 0 Å². The monoisotopic (exact) mass is 203 g/mol. The van der Waals surface area contributed by atoms with Gasteiger partial charge in [-0.05, 0) is 36.8 Å². The molecule has 2 rings (SSSR count). The molecule has 1 N–H and O–H groups in total. The topological polar surface area (TPSA) is 12.0 Å². The first-order valence-corrected chi connectivity index (χ1v) is 6.05. The number of nitrogens with one attached hydrogen (secondary N) is 1. The zero-order chi connectivity index (χ0) is 10.8. The Morgan fingerprint density at radius 1 is 1.33 bits per heavy atom. The Labute approximate surface area is 92.9 Å². The maximum Gasteiger partial charge on any atom is 0.0294 e. The molecule has 3 atom stereocenters. The van der Waals surface area contributed by atoms with Crippen molar-refractivity contribution in [3.05, 3.63) is 35.4 Å². The van der Waals surface area contributed by atoms with Crippen molar-refractivity contribution in [3.8, 4) is 0 Å². The number of hydrogen-bond donors (Lipinski definition) is 1. The van der Waals surface area contributed by atoms with Crippen LogP contribution in [0, 0.1) is 5.92 Å². The molecule has 1 nitrogen and oxygen atoms in total. The highest BCUT2D eigenvalue weighted by Gasteiger charge is 2.33. The van der Waals surface area contributed by atoms with Gasteiger partial charge in [0.05, 0.1) is 0 Å². The summed E-state index contributed by atoms with van der Waals surface area (Å²) >= 11 is 0. The molecule has 0 saturated heterocycles. The minimum absolute atomic E-state index is 0.492. The largest absolute Gasteiger partial charge is 0.307 e. The van der Waals surface area contributed by atoms with Gasteiger partial charge in [0.15, 0.2) is 0 Å². The van der Waals surface area contributed by atoms with Crippen LogP contribution in [0.15, 0.2) is 24.3 Å². The normalized spacial score (nSPS) is 26.3. The van der Waals surface area contributed by atoms with Gasteiger partial charge >= 0.3 is 0 Å². The highest BCUT2D eigenvalue weighted by Crippen LogP contribution is 2.31. The van der Waals surface area contributed by atoms with Crippen molar-refractivity contribution in [2.75, 3.05) is 0 Å². The first kappa shape index (κ1) is 10.7. The van der Waals surface area contributed by atoms with Gasteiger partial charge in [0.1, 0.15) is 0 Å². The van der Waals surface area contributed by atoms with E-state index in [0.29, 0.717) is 6.04 Å². The molecule has 1 aromatic rings. The van der Waals surface area contributed by atoms with E-state index in [1.165, 1.54) is 17.5 Å². The van der Waals surface area contributed by atoms with E-state index in [0.717, 1.165) is 18.4 Å². The van der Waals surface area contributed by atoms with Crippen LogP contribution in [0.1, 0.15) is 44.4 Å². The molecule has 3 unspecified atom stereocenters. The van der Waals surface area contributed by atoms with E-state index in [2.05, 4.69) is 50.4 Å². The van der Waals surface area contributed by atoms with Crippen molar-refractivity contribution in [1.29, 1.82) is 0 Å². The van der Waals surface area contributed by atoms with Crippen LogP contribution < -0.4 is 5.32 Å². The van der Waals surface area contributed by atoms with E-state index in [1.807, 2.05) is 0 Å². The summed E-state index contributed by atoms with van der Waals surface area (Å²) in [6, 6.07) is 10.2. The molecule has 0 heterocycles. The van der Waals surface area contributed by atoms with Crippen molar-refractivity contribution >= 4 is 0 Å². The first-order valence-electron chi connectivity index (χ1n) is 6.05. The zero-order valence-corrected chi connectivity index (χ0v) is 9.96. The van der Waals surface area contributed by atoms with Gasteiger partial charge in [-0.25, -0.2) is 0 Å². The van der Waals surface area contributed by atoms with Crippen LogP contribution in [0.3, 0.4) is 0 Å². The number of rotatable bonds is 4. The second-order valence-electron chi connectivity index (χ2n) is 4.80. The SMILES string of the molecule is CCc1ccc(C(C)NC2CC2C)cc1. The van der Waals surface area contributed by atoms with Gasteiger partial charge in [-0.15, -0.1) is 0 Å². The van der Waals surface area contributed by atoms with Gasteiger partial charge in [-0.1, -0.05) is 38.1 Å². The lowest BCUT2D eigenvalue weighted by Crippen LogP contribution is -2.21. The molecule has 1 aliphatic carbocycles. The van der Waals surface area contributed by atoms with Crippen molar-refractivity contribution in [3.63, 3.8) is 0 Å². The Morgan fingerprint density at radius 3 is 2.40 bits per heavy atom. The van der Waals surface area contributed by atoms with Crippen molar-refractivity contribution in [1.82, 2.24) is 5.32 Å². The highest BCUT2D eigenvalue weighted by molar-refractivity contribution is 5.25. The lowest BCUT2D eigenvalue weighted by Gasteiger charge is -2.14. The number of aryl methyl sites for hydroxylation is 1. The quantitative estimate of drug-likeness (QED) is 0.791. The molecule has 82 valence electrons. The fourth-order valence-corrected chi connectivity index (χ4v) is 2.01. The van der Waals surface area contributed by atoms with E-state index >= 15 is 0 Å². The molecule has 0 bridgehead atoms. The van der Waals surface area contributed by atoms with E-state index in [-0.39, 0.29) is 0 Å². The molecule has 15 heavy (non-hydrogen) atoms. The molecule has 1 aliphatic rings. The second-order valence-corrected chi connectivity index (χ2v) is 4.80. The van der Waals surface area contributed by atoms with Gasteiger partial charge in [-0.3, -0.25) is 0 Å². The standard InChI is InChI=1S/C14H21N/c1-4-12-5-7-13(8-6-12)11(3)15-14-9-10(14)2/h5-8,10-11,14-15H,4,9H2,1-3H3. The molecule has 0 radical (unpaired) electrons. The Balaban J connectivity index is 1.95. The summed E-state index contributed by atoms with van der Waals surface area (Å²) in [5.41, 5.74) is 2.83. The predicted octanol–water partition coefficient (Wildman–Crippen LogP) is 3.31. The number of hydrogen-bond acceptors (Lipinski definition) is 1. The molecule has 0 aliphatic heterocycles. The van der Waals surface area contributed by atoms with Gasteiger partial charge in [0.25, 0.3) is 0 Å². The van der Waals surface area contributed by atoms with Crippen LogP contribution in [0.4, 0.5) is 0 Å². The van der Waals surface area contributed by atoms with Crippen molar-refractivity contribution in [2.24, 2.45) is 5.92 Å². The molecule has 1 aromatic carbocycles. The summed E-state index contributed by atoms with van der Waals surface area (Å²) in [6.07, 6.45) is 2.47. The van der Waals surface area contributed by atoms with Crippen LogP contribution >= 0.6 is 0 Å². The van der Waals surface area contributed by atoms with E-state index in [9.17, 15) is 0 Å². The average Bonchev–Trinajstić information content (AvgIpc) is 2.94. The van der Waals surface area contributed by atoms with Crippen LogP contribution in [-0.4, -0.2) is 6.04 Å².